The van der Waals surface area contributed by atoms with Crippen molar-refractivity contribution in [2.24, 2.45) is 5.41 Å². The Bertz CT molecular complexity index is 119. The van der Waals surface area contributed by atoms with Crippen LogP contribution in [0.5, 0.6) is 0 Å². The molecule has 3 nitrogen and oxygen atoms in total. The molecule has 1 aliphatic heterocycles. The molecule has 1 heterocycles. The quantitative estimate of drug-likeness (QED) is 0.685. The molecule has 0 unspecified atom stereocenters. The van der Waals surface area contributed by atoms with E-state index in [9.17, 15) is 5.11 Å². The van der Waals surface area contributed by atoms with E-state index in [1.165, 1.54) is 0 Å². The summed E-state index contributed by atoms with van der Waals surface area (Å²) in [5.74, 6) is 0. The maximum absolute atomic E-state index is 9.23. The van der Waals surface area contributed by atoms with Gasteiger partial charge in [-0.3, -0.25) is 0 Å². The molecule has 0 aromatic carbocycles. The van der Waals surface area contributed by atoms with Gasteiger partial charge in [0.05, 0.1) is 13.2 Å². The summed E-state index contributed by atoms with van der Waals surface area (Å²) in [7, 11) is 0. The third-order valence-corrected chi connectivity index (χ3v) is 2.50. The van der Waals surface area contributed by atoms with E-state index in [-0.39, 0.29) is 12.0 Å². The van der Waals surface area contributed by atoms with Crippen LogP contribution in [0.3, 0.4) is 0 Å². The first-order valence-corrected chi connectivity index (χ1v) is 4.59. The predicted molar refractivity (Wildman–Crippen MR) is 46.1 cm³/mol. The summed E-state index contributed by atoms with van der Waals surface area (Å²) in [6, 6.07) is 0. The molecule has 1 N–H and O–H groups in total. The maximum Gasteiger partial charge on any atom is 0.0545 e. The van der Waals surface area contributed by atoms with Crippen molar-refractivity contribution in [1.29, 1.82) is 0 Å². The molecule has 0 spiro atoms. The van der Waals surface area contributed by atoms with Gasteiger partial charge in [-0.25, -0.2) is 0 Å². The lowest BCUT2D eigenvalue weighted by Crippen LogP contribution is -2.37. The average Bonchev–Trinajstić information content (AvgIpc) is 2.16. The highest BCUT2D eigenvalue weighted by Gasteiger charge is 2.31. The van der Waals surface area contributed by atoms with Crippen LogP contribution in [0.1, 0.15) is 19.8 Å². The van der Waals surface area contributed by atoms with Crippen LogP contribution in [0.15, 0.2) is 0 Å². The van der Waals surface area contributed by atoms with Crippen molar-refractivity contribution in [3.05, 3.63) is 0 Å². The minimum atomic E-state index is -0.0196. The van der Waals surface area contributed by atoms with E-state index in [4.69, 9.17) is 9.47 Å². The van der Waals surface area contributed by atoms with Crippen molar-refractivity contribution in [3.63, 3.8) is 0 Å². The van der Waals surface area contributed by atoms with Crippen molar-refractivity contribution in [2.45, 2.75) is 19.8 Å². The van der Waals surface area contributed by atoms with Crippen LogP contribution in [0.25, 0.3) is 0 Å². The summed E-state index contributed by atoms with van der Waals surface area (Å²) in [6.07, 6.45) is 1.84. The van der Waals surface area contributed by atoms with E-state index in [0.717, 1.165) is 32.7 Å². The van der Waals surface area contributed by atoms with Gasteiger partial charge >= 0.3 is 0 Å². The van der Waals surface area contributed by atoms with Crippen LogP contribution >= 0.6 is 0 Å². The van der Waals surface area contributed by atoms with E-state index < -0.39 is 0 Å². The molecule has 0 saturated carbocycles. The van der Waals surface area contributed by atoms with Crippen LogP contribution < -0.4 is 0 Å². The second-order valence-corrected chi connectivity index (χ2v) is 3.41. The van der Waals surface area contributed by atoms with Gasteiger partial charge in [-0.2, -0.15) is 0 Å². The monoisotopic (exact) mass is 174 g/mol. The molecule has 1 rings (SSSR count). The molecule has 12 heavy (non-hydrogen) atoms. The molecule has 0 bridgehead atoms. The first kappa shape index (κ1) is 9.96. The lowest BCUT2D eigenvalue weighted by atomic mass is 9.82. The number of aliphatic hydroxyl groups excluding tert-OH is 1. The number of hydrogen-bond donors (Lipinski definition) is 1. The van der Waals surface area contributed by atoms with Crippen LogP contribution in [-0.4, -0.2) is 38.1 Å². The summed E-state index contributed by atoms with van der Waals surface area (Å²) in [5.41, 5.74) is -0.0196. The van der Waals surface area contributed by atoms with Crippen LogP contribution in [0, 0.1) is 5.41 Å². The standard InChI is InChI=1S/C9H18O3/c1-2-11-8-9(7-10)3-5-12-6-4-9/h10H,2-8H2,1H3. The Morgan fingerprint density at radius 1 is 1.42 bits per heavy atom. The summed E-state index contributed by atoms with van der Waals surface area (Å²) in [4.78, 5) is 0. The van der Waals surface area contributed by atoms with Crippen molar-refractivity contribution in [2.75, 3.05) is 33.0 Å². The second kappa shape index (κ2) is 4.80. The highest BCUT2D eigenvalue weighted by atomic mass is 16.5. The lowest BCUT2D eigenvalue weighted by molar-refractivity contribution is -0.0630. The number of ether oxygens (including phenoxy) is 2. The smallest absolute Gasteiger partial charge is 0.0545 e. The third kappa shape index (κ3) is 2.44. The third-order valence-electron chi connectivity index (χ3n) is 2.50. The Labute approximate surface area is 73.7 Å². The van der Waals surface area contributed by atoms with Crippen molar-refractivity contribution in [1.82, 2.24) is 0 Å². The highest BCUT2D eigenvalue weighted by molar-refractivity contribution is 4.80. The Morgan fingerprint density at radius 2 is 2.08 bits per heavy atom. The van der Waals surface area contributed by atoms with Crippen LogP contribution in [0.2, 0.25) is 0 Å². The fraction of sp³-hybridized carbons (Fsp3) is 1.00. The molecule has 0 atom stereocenters. The van der Waals surface area contributed by atoms with Gasteiger partial charge in [0, 0.05) is 25.2 Å². The largest absolute Gasteiger partial charge is 0.396 e. The lowest BCUT2D eigenvalue weighted by Gasteiger charge is -2.34. The summed E-state index contributed by atoms with van der Waals surface area (Å²) >= 11 is 0. The van der Waals surface area contributed by atoms with Crippen LogP contribution in [-0.2, 0) is 9.47 Å². The number of hydrogen-bond acceptors (Lipinski definition) is 3. The fourth-order valence-corrected chi connectivity index (χ4v) is 1.47. The summed E-state index contributed by atoms with van der Waals surface area (Å²) < 4.78 is 10.6. The molecule has 0 aromatic heterocycles. The zero-order valence-corrected chi connectivity index (χ0v) is 7.71. The van der Waals surface area contributed by atoms with E-state index >= 15 is 0 Å². The maximum atomic E-state index is 9.23. The van der Waals surface area contributed by atoms with E-state index in [2.05, 4.69) is 0 Å². The average molecular weight is 174 g/mol. The molecule has 1 aliphatic rings. The number of rotatable bonds is 4. The summed E-state index contributed by atoms with van der Waals surface area (Å²) in [5, 5.41) is 9.23. The Hall–Kier alpha value is -0.120. The van der Waals surface area contributed by atoms with Gasteiger partial charge < -0.3 is 14.6 Å². The molecule has 0 aromatic rings. The van der Waals surface area contributed by atoms with Gasteiger partial charge in [0.1, 0.15) is 0 Å². The summed E-state index contributed by atoms with van der Waals surface area (Å²) in [6.45, 7) is 5.11. The van der Waals surface area contributed by atoms with Gasteiger partial charge in [0.15, 0.2) is 0 Å². The molecule has 0 amide bonds. The normalized spacial score (nSPS) is 22.5. The van der Waals surface area contributed by atoms with E-state index in [1.54, 1.807) is 0 Å². The molecular formula is C9H18O3. The van der Waals surface area contributed by atoms with Gasteiger partial charge in [-0.05, 0) is 19.8 Å². The Kier molecular flexibility index (Phi) is 3.98. The molecule has 0 aliphatic carbocycles. The van der Waals surface area contributed by atoms with Gasteiger partial charge in [-0.1, -0.05) is 0 Å². The van der Waals surface area contributed by atoms with Crippen molar-refractivity contribution >= 4 is 0 Å². The fourth-order valence-electron chi connectivity index (χ4n) is 1.47. The van der Waals surface area contributed by atoms with Crippen molar-refractivity contribution in [3.8, 4) is 0 Å². The Morgan fingerprint density at radius 3 is 2.58 bits per heavy atom. The molecule has 3 heteroatoms. The molecule has 0 radical (unpaired) electrons. The van der Waals surface area contributed by atoms with Gasteiger partial charge in [0.2, 0.25) is 0 Å². The Balaban J connectivity index is 2.37. The SMILES string of the molecule is CCOCC1(CO)CCOCC1. The molecule has 1 fully saturated rings. The van der Waals surface area contributed by atoms with Gasteiger partial charge in [-0.15, -0.1) is 0 Å². The van der Waals surface area contributed by atoms with Crippen molar-refractivity contribution < 1.29 is 14.6 Å². The minimum absolute atomic E-state index is 0.0196. The second-order valence-electron chi connectivity index (χ2n) is 3.41. The molecule has 1 saturated heterocycles. The first-order chi connectivity index (χ1) is 5.83. The zero-order chi connectivity index (χ0) is 8.86. The predicted octanol–water partition coefficient (Wildman–Crippen LogP) is 0.812. The highest BCUT2D eigenvalue weighted by Crippen LogP contribution is 2.29. The van der Waals surface area contributed by atoms with Crippen LogP contribution in [0.4, 0.5) is 0 Å². The zero-order valence-electron chi connectivity index (χ0n) is 7.71. The number of aliphatic hydroxyl groups is 1. The first-order valence-electron chi connectivity index (χ1n) is 4.59. The minimum Gasteiger partial charge on any atom is -0.396 e. The van der Waals surface area contributed by atoms with E-state index in [1.807, 2.05) is 6.92 Å². The molecular weight excluding hydrogens is 156 g/mol. The topological polar surface area (TPSA) is 38.7 Å². The van der Waals surface area contributed by atoms with E-state index in [0.29, 0.717) is 6.61 Å². The molecule has 72 valence electrons. The van der Waals surface area contributed by atoms with Gasteiger partial charge in [0.25, 0.3) is 0 Å².